The van der Waals surface area contributed by atoms with Crippen molar-refractivity contribution in [2.24, 2.45) is 11.8 Å². The molecule has 2 bridgehead atoms. The molecule has 6 nitrogen and oxygen atoms in total. The van der Waals surface area contributed by atoms with Crippen LogP contribution in [0, 0.1) is 11.8 Å². The molecular weight excluding hydrogens is 622 g/mol. The summed E-state index contributed by atoms with van der Waals surface area (Å²) in [5.41, 5.74) is 1.47. The van der Waals surface area contributed by atoms with Crippen LogP contribution in [0.5, 0.6) is 0 Å². The summed E-state index contributed by atoms with van der Waals surface area (Å²) in [6.45, 7) is 0. The first-order valence-electron chi connectivity index (χ1n) is 15.7. The molecular formula is C41H28ClNO5. The molecule has 5 aromatic rings. The van der Waals surface area contributed by atoms with Gasteiger partial charge in [-0.2, -0.15) is 0 Å². The molecule has 48 heavy (non-hydrogen) atoms. The van der Waals surface area contributed by atoms with Gasteiger partial charge in [-0.1, -0.05) is 133 Å². The lowest BCUT2D eigenvalue weighted by Gasteiger charge is -2.39. The van der Waals surface area contributed by atoms with Crippen LogP contribution in [0.3, 0.4) is 0 Å². The van der Waals surface area contributed by atoms with Gasteiger partial charge in [-0.25, -0.2) is 9.69 Å². The lowest BCUT2D eigenvalue weighted by molar-refractivity contribution is -0.130. The second-order valence-electron chi connectivity index (χ2n) is 12.3. The van der Waals surface area contributed by atoms with Crippen molar-refractivity contribution in [3.8, 4) is 0 Å². The van der Waals surface area contributed by atoms with Gasteiger partial charge in [0, 0.05) is 0 Å². The van der Waals surface area contributed by atoms with Gasteiger partial charge in [0.15, 0.2) is 5.78 Å². The summed E-state index contributed by atoms with van der Waals surface area (Å²) < 4.78 is 4.93. The van der Waals surface area contributed by atoms with Crippen LogP contribution in [0.1, 0.15) is 32.6 Å². The van der Waals surface area contributed by atoms with Gasteiger partial charge in [-0.05, 0) is 51.6 Å². The quantitative estimate of drug-likeness (QED) is 0.142. The van der Waals surface area contributed by atoms with E-state index >= 15 is 14.4 Å². The largest absolute Gasteiger partial charge is 0.465 e. The number of amides is 2. The summed E-state index contributed by atoms with van der Waals surface area (Å²) in [6, 6.07) is 42.5. The van der Waals surface area contributed by atoms with Gasteiger partial charge in [-0.3, -0.25) is 14.4 Å². The van der Waals surface area contributed by atoms with E-state index in [0.29, 0.717) is 22.3 Å². The molecule has 1 saturated heterocycles. The van der Waals surface area contributed by atoms with E-state index in [9.17, 15) is 4.79 Å². The van der Waals surface area contributed by atoms with E-state index in [1.165, 1.54) is 19.2 Å². The summed E-state index contributed by atoms with van der Waals surface area (Å²) in [6.07, 6.45) is 0. The Morgan fingerprint density at radius 2 is 1.04 bits per heavy atom. The molecule has 0 spiro atoms. The molecule has 1 saturated carbocycles. The van der Waals surface area contributed by atoms with Gasteiger partial charge in [0.05, 0.1) is 46.0 Å². The third-order valence-corrected chi connectivity index (χ3v) is 10.5. The number of Topliss-reactive ketones (excluding diaryl/α,β-unsaturated/α-hetero) is 1. The fourth-order valence-corrected chi connectivity index (χ4v) is 8.70. The van der Waals surface area contributed by atoms with Crippen molar-refractivity contribution < 1.29 is 23.9 Å². The Labute approximate surface area is 282 Å². The Hall–Kier alpha value is -5.59. The lowest BCUT2D eigenvalue weighted by atomic mass is 9.59. The van der Waals surface area contributed by atoms with Crippen LogP contribution in [0.25, 0.3) is 11.1 Å². The fraction of sp³-hybridized carbons (Fsp3) is 0.122. The number of hydrogen-bond acceptors (Lipinski definition) is 5. The van der Waals surface area contributed by atoms with Crippen molar-refractivity contribution in [1.82, 2.24) is 0 Å². The number of halogens is 1. The number of nitrogens with zero attached hydrogens (tertiary/aromatic N) is 1. The van der Waals surface area contributed by atoms with E-state index in [-0.39, 0.29) is 22.1 Å². The molecule has 2 fully saturated rings. The van der Waals surface area contributed by atoms with Crippen molar-refractivity contribution in [3.05, 3.63) is 172 Å². The highest BCUT2D eigenvalue weighted by Gasteiger charge is 2.82. The Bertz CT molecular complexity index is 2050. The van der Waals surface area contributed by atoms with E-state index in [1.54, 1.807) is 6.07 Å². The third kappa shape index (κ3) is 3.75. The van der Waals surface area contributed by atoms with E-state index in [2.05, 4.69) is 0 Å². The molecule has 2 amide bonds. The Morgan fingerprint density at radius 3 is 1.46 bits per heavy atom. The van der Waals surface area contributed by atoms with Crippen molar-refractivity contribution in [1.29, 1.82) is 0 Å². The average Bonchev–Trinajstić information content (AvgIpc) is 3.65. The zero-order valence-corrected chi connectivity index (χ0v) is 26.6. The normalized spacial score (nSPS) is 24.3. The summed E-state index contributed by atoms with van der Waals surface area (Å²) >= 11 is 6.36. The SMILES string of the molecule is COC(=O)c1cc(N2C(=O)C3C(C2=O)C2(c4ccccc4)C(=O)C3(c3ccccc3)C(c3ccccc3)=C2c2ccccc2)ccc1Cl. The molecule has 4 atom stereocenters. The number of imide groups is 1. The highest BCUT2D eigenvalue weighted by molar-refractivity contribution is 6.39. The van der Waals surface area contributed by atoms with Crippen LogP contribution < -0.4 is 4.90 Å². The van der Waals surface area contributed by atoms with Crippen molar-refractivity contribution >= 4 is 52.0 Å². The molecule has 8 rings (SSSR count). The molecule has 3 aliphatic rings. The van der Waals surface area contributed by atoms with Gasteiger partial charge in [0.25, 0.3) is 0 Å². The predicted octanol–water partition coefficient (Wildman–Crippen LogP) is 7.32. The number of benzene rings is 5. The van der Waals surface area contributed by atoms with Gasteiger partial charge in [-0.15, -0.1) is 0 Å². The van der Waals surface area contributed by atoms with Crippen molar-refractivity contribution in [2.45, 2.75) is 10.8 Å². The number of carbonyl (C=O) groups is 4. The molecule has 5 aromatic carbocycles. The Morgan fingerprint density at radius 1 is 0.625 bits per heavy atom. The molecule has 234 valence electrons. The molecule has 4 unspecified atom stereocenters. The Kier molecular flexibility index (Phi) is 6.83. The zero-order chi connectivity index (χ0) is 33.2. The molecule has 0 aromatic heterocycles. The molecule has 0 N–H and O–H groups in total. The van der Waals surface area contributed by atoms with Crippen LogP contribution in [0.4, 0.5) is 5.69 Å². The van der Waals surface area contributed by atoms with E-state index < -0.39 is 40.4 Å². The minimum Gasteiger partial charge on any atom is -0.465 e. The number of carbonyl (C=O) groups excluding carboxylic acids is 4. The highest BCUT2D eigenvalue weighted by atomic mass is 35.5. The van der Waals surface area contributed by atoms with E-state index in [0.717, 1.165) is 16.0 Å². The van der Waals surface area contributed by atoms with Crippen molar-refractivity contribution in [3.63, 3.8) is 0 Å². The second kappa shape index (κ2) is 11.0. The number of esters is 1. The molecule has 7 heteroatoms. The number of ether oxygens (including phenoxy) is 1. The van der Waals surface area contributed by atoms with Crippen LogP contribution in [-0.4, -0.2) is 30.7 Å². The van der Waals surface area contributed by atoms with Gasteiger partial charge < -0.3 is 4.74 Å². The average molecular weight is 650 g/mol. The maximum absolute atomic E-state index is 15.9. The minimum atomic E-state index is -1.52. The number of allylic oxidation sites excluding steroid dienone is 2. The molecule has 1 heterocycles. The maximum Gasteiger partial charge on any atom is 0.339 e. The predicted molar refractivity (Wildman–Crippen MR) is 183 cm³/mol. The Balaban J connectivity index is 1.51. The molecule has 1 aliphatic heterocycles. The van der Waals surface area contributed by atoms with Crippen LogP contribution in [0.15, 0.2) is 140 Å². The minimum absolute atomic E-state index is 0.0250. The number of fused-ring (bicyclic) bond motifs is 5. The first kappa shape index (κ1) is 29.8. The number of anilines is 1. The van der Waals surface area contributed by atoms with Gasteiger partial charge >= 0.3 is 5.97 Å². The van der Waals surface area contributed by atoms with E-state index in [1.807, 2.05) is 121 Å². The first-order chi connectivity index (χ1) is 23.4. The standard InChI is InChI=1S/C41H28ClNO5/c1-48-38(46)30-24-29(22-23-31(30)42)43-36(44)34-35(37(43)45)41(28-20-12-5-13-21-28)33(26-16-8-3-9-17-26)32(25-14-6-2-7-15-25)40(34,39(41)47)27-18-10-4-11-19-27/h2-24,34-35H,1H3. The maximum atomic E-state index is 15.9. The first-order valence-corrected chi connectivity index (χ1v) is 16.0. The lowest BCUT2D eigenvalue weighted by Crippen LogP contribution is -2.45. The molecule has 0 radical (unpaired) electrons. The number of ketones is 1. The fourth-order valence-electron chi connectivity index (χ4n) is 8.51. The highest BCUT2D eigenvalue weighted by Crippen LogP contribution is 2.74. The molecule has 2 aliphatic carbocycles. The third-order valence-electron chi connectivity index (χ3n) is 10.2. The van der Waals surface area contributed by atoms with Gasteiger partial charge in [0.2, 0.25) is 11.8 Å². The smallest absolute Gasteiger partial charge is 0.339 e. The van der Waals surface area contributed by atoms with Gasteiger partial charge in [0.1, 0.15) is 0 Å². The van der Waals surface area contributed by atoms with Crippen LogP contribution in [-0.2, 0) is 30.0 Å². The number of methoxy groups -OCH3 is 1. The van der Waals surface area contributed by atoms with Crippen LogP contribution in [0.2, 0.25) is 5.02 Å². The van der Waals surface area contributed by atoms with Crippen molar-refractivity contribution in [2.75, 3.05) is 12.0 Å². The van der Waals surface area contributed by atoms with Crippen LogP contribution >= 0.6 is 11.6 Å². The summed E-state index contributed by atoms with van der Waals surface area (Å²) in [4.78, 5) is 59.9. The summed E-state index contributed by atoms with van der Waals surface area (Å²) in [5, 5.41) is 0.126. The summed E-state index contributed by atoms with van der Waals surface area (Å²) in [7, 11) is 1.24. The van der Waals surface area contributed by atoms with E-state index in [4.69, 9.17) is 16.3 Å². The zero-order valence-electron chi connectivity index (χ0n) is 25.8. The number of rotatable bonds is 6. The summed E-state index contributed by atoms with van der Waals surface area (Å²) in [5.74, 6) is -4.09. The second-order valence-corrected chi connectivity index (χ2v) is 12.7. The topological polar surface area (TPSA) is 80.8 Å². The number of hydrogen-bond donors (Lipinski definition) is 0. The monoisotopic (exact) mass is 649 g/mol.